The van der Waals surface area contributed by atoms with E-state index >= 15 is 0 Å². The van der Waals surface area contributed by atoms with E-state index in [4.69, 9.17) is 12.2 Å². The smallest absolute Gasteiger partial charge is 0.186 e. The molecule has 1 atom stereocenters. The van der Waals surface area contributed by atoms with Crippen molar-refractivity contribution in [3.8, 4) is 0 Å². The van der Waals surface area contributed by atoms with Gasteiger partial charge in [0.05, 0.1) is 0 Å². The predicted molar refractivity (Wildman–Crippen MR) is 78.3 cm³/mol. The van der Waals surface area contributed by atoms with Crippen LogP contribution >= 0.6 is 12.2 Å². The third kappa shape index (κ3) is 6.01. The lowest BCUT2D eigenvalue weighted by molar-refractivity contribution is 0.555. The number of thiocarbonyl (C=S) groups is 1. The van der Waals surface area contributed by atoms with E-state index in [1.54, 1.807) is 0 Å². The van der Waals surface area contributed by atoms with E-state index in [9.17, 15) is 0 Å². The van der Waals surface area contributed by atoms with Crippen LogP contribution in [0.15, 0.2) is 5.10 Å². The summed E-state index contributed by atoms with van der Waals surface area (Å²) in [4.78, 5) is 0. The summed E-state index contributed by atoms with van der Waals surface area (Å²) in [7, 11) is 0. The number of hydrogen-bond donors (Lipinski definition) is 2. The molecule has 0 aromatic carbocycles. The third-order valence-electron chi connectivity index (χ3n) is 3.26. The van der Waals surface area contributed by atoms with E-state index in [1.807, 2.05) is 0 Å². The second kappa shape index (κ2) is 8.45. The molecule has 0 bridgehead atoms. The molecule has 1 saturated carbocycles. The predicted octanol–water partition coefficient (Wildman–Crippen LogP) is 3.21. The first kappa shape index (κ1) is 14.4. The quantitative estimate of drug-likeness (QED) is 0.450. The van der Waals surface area contributed by atoms with E-state index in [0.29, 0.717) is 11.0 Å². The van der Waals surface area contributed by atoms with Crippen molar-refractivity contribution >= 4 is 23.0 Å². The van der Waals surface area contributed by atoms with E-state index in [2.05, 4.69) is 29.7 Å². The topological polar surface area (TPSA) is 36.4 Å². The van der Waals surface area contributed by atoms with Crippen molar-refractivity contribution in [2.24, 2.45) is 11.0 Å². The molecular formula is C13H25N3S. The molecule has 0 amide bonds. The molecule has 0 aliphatic heterocycles. The van der Waals surface area contributed by atoms with Gasteiger partial charge in [-0.1, -0.05) is 33.1 Å². The van der Waals surface area contributed by atoms with Crippen molar-refractivity contribution < 1.29 is 0 Å². The fraction of sp³-hybridized carbons (Fsp3) is 0.846. The number of nitrogens with zero attached hydrogens (tertiary/aromatic N) is 1. The Hall–Kier alpha value is -0.640. The van der Waals surface area contributed by atoms with Crippen LogP contribution in [0.1, 0.15) is 58.8 Å². The van der Waals surface area contributed by atoms with Crippen LogP contribution in [0.25, 0.3) is 0 Å². The first-order valence-electron chi connectivity index (χ1n) is 6.84. The van der Waals surface area contributed by atoms with E-state index in [0.717, 1.165) is 13.0 Å². The van der Waals surface area contributed by atoms with Crippen LogP contribution in [0.5, 0.6) is 0 Å². The Labute approximate surface area is 110 Å². The van der Waals surface area contributed by atoms with Gasteiger partial charge in [0.25, 0.3) is 0 Å². The van der Waals surface area contributed by atoms with Crippen LogP contribution in [-0.4, -0.2) is 17.4 Å². The maximum Gasteiger partial charge on any atom is 0.186 e. The highest BCUT2D eigenvalue weighted by molar-refractivity contribution is 7.80. The average Bonchev–Trinajstić information content (AvgIpc) is 2.34. The van der Waals surface area contributed by atoms with Crippen LogP contribution in [0, 0.1) is 5.92 Å². The molecule has 17 heavy (non-hydrogen) atoms. The van der Waals surface area contributed by atoms with Crippen LogP contribution in [-0.2, 0) is 0 Å². The second-order valence-electron chi connectivity index (χ2n) is 4.82. The summed E-state index contributed by atoms with van der Waals surface area (Å²) < 4.78 is 0. The van der Waals surface area contributed by atoms with E-state index in [1.165, 1.54) is 44.2 Å². The van der Waals surface area contributed by atoms with Crippen molar-refractivity contribution in [1.82, 2.24) is 10.7 Å². The highest BCUT2D eigenvalue weighted by Crippen LogP contribution is 2.20. The number of nitrogens with one attached hydrogen (secondary N) is 2. The molecule has 3 nitrogen and oxygen atoms in total. The van der Waals surface area contributed by atoms with Crippen molar-refractivity contribution in [2.45, 2.75) is 58.8 Å². The molecule has 0 saturated heterocycles. The minimum atomic E-state index is 0.610. The third-order valence-corrected chi connectivity index (χ3v) is 3.49. The van der Waals surface area contributed by atoms with Gasteiger partial charge in [-0.25, -0.2) is 0 Å². The van der Waals surface area contributed by atoms with Crippen LogP contribution in [0.2, 0.25) is 0 Å². The number of rotatable bonds is 5. The molecule has 98 valence electrons. The van der Waals surface area contributed by atoms with Gasteiger partial charge in [-0.2, -0.15) is 5.10 Å². The molecule has 4 heteroatoms. The second-order valence-corrected chi connectivity index (χ2v) is 5.23. The van der Waals surface area contributed by atoms with Gasteiger partial charge in [-0.3, -0.25) is 5.43 Å². The van der Waals surface area contributed by atoms with Gasteiger partial charge in [0.15, 0.2) is 5.11 Å². The van der Waals surface area contributed by atoms with Crippen molar-refractivity contribution in [3.63, 3.8) is 0 Å². The zero-order chi connectivity index (χ0) is 12.5. The summed E-state index contributed by atoms with van der Waals surface area (Å²) in [6, 6.07) is 0. The Bertz CT molecular complexity index is 263. The molecule has 0 radical (unpaired) electrons. The molecular weight excluding hydrogens is 230 g/mol. The molecule has 1 aliphatic carbocycles. The van der Waals surface area contributed by atoms with Gasteiger partial charge in [0.2, 0.25) is 0 Å². The Kier molecular flexibility index (Phi) is 7.17. The maximum atomic E-state index is 5.18. The van der Waals surface area contributed by atoms with Gasteiger partial charge in [-0.05, 0) is 43.8 Å². The fourth-order valence-electron chi connectivity index (χ4n) is 2.07. The normalized spacial score (nSPS) is 22.5. The lowest BCUT2D eigenvalue weighted by Gasteiger charge is -2.20. The first-order valence-corrected chi connectivity index (χ1v) is 7.25. The van der Waals surface area contributed by atoms with Gasteiger partial charge in [-0.15, -0.1) is 0 Å². The van der Waals surface area contributed by atoms with E-state index < -0.39 is 0 Å². The number of unbranched alkanes of at least 4 members (excludes halogenated alkanes) is 2. The molecule has 0 aromatic rings. The monoisotopic (exact) mass is 255 g/mol. The summed E-state index contributed by atoms with van der Waals surface area (Å²) in [6.45, 7) is 5.39. The zero-order valence-corrected chi connectivity index (χ0v) is 11.9. The fourth-order valence-corrected chi connectivity index (χ4v) is 2.22. The number of hydrazone groups is 1. The summed E-state index contributed by atoms with van der Waals surface area (Å²) in [5.74, 6) is 0.610. The highest BCUT2D eigenvalue weighted by Gasteiger charge is 2.15. The molecule has 0 spiro atoms. The van der Waals surface area contributed by atoms with Crippen LogP contribution < -0.4 is 10.7 Å². The molecule has 0 unspecified atom stereocenters. The number of hydrogen-bond acceptors (Lipinski definition) is 2. The maximum absolute atomic E-state index is 5.18. The summed E-state index contributed by atoms with van der Waals surface area (Å²) >= 11 is 5.18. The largest absolute Gasteiger partial charge is 0.361 e. The van der Waals surface area contributed by atoms with Crippen LogP contribution in [0.3, 0.4) is 0 Å². The lowest BCUT2D eigenvalue weighted by atomic mass is 9.89. The van der Waals surface area contributed by atoms with Crippen LogP contribution in [0.4, 0.5) is 0 Å². The minimum absolute atomic E-state index is 0.610. The van der Waals surface area contributed by atoms with Crippen molar-refractivity contribution in [3.05, 3.63) is 0 Å². The highest BCUT2D eigenvalue weighted by atomic mass is 32.1. The first-order chi connectivity index (χ1) is 8.24. The molecule has 2 N–H and O–H groups in total. The Balaban J connectivity index is 2.19. The standard InChI is InChI=1S/C13H25N3S/c1-3-4-7-10-14-13(17)16-15-12-9-6-5-8-11(12)2/h11H,3-10H2,1-2H3,(H2,14,16,17)/b15-12-/t11-/m1/s1. The van der Waals surface area contributed by atoms with Gasteiger partial charge < -0.3 is 5.32 Å². The van der Waals surface area contributed by atoms with E-state index in [-0.39, 0.29) is 0 Å². The molecule has 0 heterocycles. The van der Waals surface area contributed by atoms with Gasteiger partial charge >= 0.3 is 0 Å². The SMILES string of the molecule is CCCCCNC(=S)N/N=C1/CCCC[C@H]1C. The summed E-state index contributed by atoms with van der Waals surface area (Å²) in [6.07, 6.45) is 8.64. The van der Waals surface area contributed by atoms with Gasteiger partial charge in [0, 0.05) is 12.3 Å². The molecule has 1 aliphatic rings. The lowest BCUT2D eigenvalue weighted by Crippen LogP contribution is -2.34. The molecule has 0 aromatic heterocycles. The van der Waals surface area contributed by atoms with Crippen molar-refractivity contribution in [1.29, 1.82) is 0 Å². The Morgan fingerprint density at radius 3 is 2.94 bits per heavy atom. The average molecular weight is 255 g/mol. The Morgan fingerprint density at radius 1 is 1.41 bits per heavy atom. The van der Waals surface area contributed by atoms with Crippen molar-refractivity contribution in [2.75, 3.05) is 6.54 Å². The van der Waals surface area contributed by atoms with Gasteiger partial charge in [0.1, 0.15) is 0 Å². The Morgan fingerprint density at radius 2 is 2.24 bits per heavy atom. The zero-order valence-electron chi connectivity index (χ0n) is 11.1. The minimum Gasteiger partial charge on any atom is -0.361 e. The summed E-state index contributed by atoms with van der Waals surface area (Å²) in [5.41, 5.74) is 4.24. The summed E-state index contributed by atoms with van der Waals surface area (Å²) in [5, 5.41) is 8.27. The molecule has 1 rings (SSSR count). The molecule has 1 fully saturated rings.